The zero-order chi connectivity index (χ0) is 16.2. The number of nitrogens with one attached hydrogen (secondary N) is 2. The third-order valence-electron chi connectivity index (χ3n) is 3.45. The summed E-state index contributed by atoms with van der Waals surface area (Å²) in [5.74, 6) is -0.124. The largest absolute Gasteiger partial charge is 0.332 e. The van der Waals surface area contributed by atoms with E-state index in [1.165, 1.54) is 11.3 Å². The van der Waals surface area contributed by atoms with Gasteiger partial charge in [-0.05, 0) is 49.2 Å². The lowest BCUT2D eigenvalue weighted by molar-refractivity contribution is 0.102. The number of anilines is 3. The highest BCUT2D eigenvalue weighted by molar-refractivity contribution is 7.13. The van der Waals surface area contributed by atoms with Crippen molar-refractivity contribution < 1.29 is 4.79 Å². The van der Waals surface area contributed by atoms with Crippen molar-refractivity contribution in [3.63, 3.8) is 0 Å². The summed E-state index contributed by atoms with van der Waals surface area (Å²) in [5.41, 5.74) is 4.44. The fraction of sp³-hybridized carbons (Fsp3) is 0.111. The first kappa shape index (κ1) is 15.2. The Labute approximate surface area is 139 Å². The van der Waals surface area contributed by atoms with E-state index in [0.717, 1.165) is 27.6 Å². The van der Waals surface area contributed by atoms with Gasteiger partial charge in [0.2, 0.25) is 0 Å². The Hall–Kier alpha value is -2.66. The number of hydrogen-bond acceptors (Lipinski definition) is 4. The number of aryl methyl sites for hydroxylation is 2. The Morgan fingerprint density at radius 1 is 1.13 bits per heavy atom. The van der Waals surface area contributed by atoms with E-state index >= 15 is 0 Å². The van der Waals surface area contributed by atoms with E-state index in [9.17, 15) is 4.79 Å². The molecule has 1 heterocycles. The van der Waals surface area contributed by atoms with Crippen LogP contribution in [0, 0.1) is 13.8 Å². The molecular weight excluding hydrogens is 306 g/mol. The van der Waals surface area contributed by atoms with Crippen LogP contribution in [0.3, 0.4) is 0 Å². The van der Waals surface area contributed by atoms with Gasteiger partial charge in [0.1, 0.15) is 0 Å². The monoisotopic (exact) mass is 323 g/mol. The maximum Gasteiger partial charge on any atom is 0.255 e. The molecule has 1 aromatic heterocycles. The average Bonchev–Trinajstić information content (AvgIpc) is 3.04. The van der Waals surface area contributed by atoms with E-state index in [-0.39, 0.29) is 5.91 Å². The van der Waals surface area contributed by atoms with Gasteiger partial charge in [-0.25, -0.2) is 4.98 Å². The SMILES string of the molecule is Cc1ccc(C)c(NC(=O)c2cccc(Nc3nccs3)c2)c1. The molecule has 0 aliphatic heterocycles. The lowest BCUT2D eigenvalue weighted by Gasteiger charge is -2.10. The van der Waals surface area contributed by atoms with Gasteiger partial charge >= 0.3 is 0 Å². The molecule has 5 heteroatoms. The Morgan fingerprint density at radius 3 is 2.78 bits per heavy atom. The molecule has 3 aromatic rings. The second-order valence-corrected chi connectivity index (χ2v) is 6.21. The van der Waals surface area contributed by atoms with Gasteiger partial charge in [-0.15, -0.1) is 11.3 Å². The van der Waals surface area contributed by atoms with Gasteiger partial charge in [0, 0.05) is 28.5 Å². The van der Waals surface area contributed by atoms with Crippen LogP contribution >= 0.6 is 11.3 Å². The van der Waals surface area contributed by atoms with Crippen LogP contribution in [0.15, 0.2) is 54.0 Å². The number of benzene rings is 2. The minimum absolute atomic E-state index is 0.124. The summed E-state index contributed by atoms with van der Waals surface area (Å²) in [5, 5.41) is 8.87. The van der Waals surface area contributed by atoms with Crippen LogP contribution < -0.4 is 10.6 Å². The lowest BCUT2D eigenvalue weighted by atomic mass is 10.1. The molecule has 23 heavy (non-hydrogen) atoms. The molecule has 0 spiro atoms. The number of amides is 1. The maximum absolute atomic E-state index is 12.5. The van der Waals surface area contributed by atoms with Crippen LogP contribution in [-0.4, -0.2) is 10.9 Å². The van der Waals surface area contributed by atoms with E-state index in [0.29, 0.717) is 5.56 Å². The van der Waals surface area contributed by atoms with E-state index < -0.39 is 0 Å². The molecule has 0 fully saturated rings. The fourth-order valence-electron chi connectivity index (χ4n) is 2.21. The third kappa shape index (κ3) is 3.76. The van der Waals surface area contributed by atoms with Crippen LogP contribution in [0.25, 0.3) is 0 Å². The molecule has 0 saturated heterocycles. The predicted octanol–water partition coefficient (Wildman–Crippen LogP) is 4.76. The van der Waals surface area contributed by atoms with Crippen LogP contribution in [0.1, 0.15) is 21.5 Å². The van der Waals surface area contributed by atoms with Gasteiger partial charge in [-0.1, -0.05) is 18.2 Å². The standard InChI is InChI=1S/C18H17N3OS/c1-12-6-7-13(2)16(10-12)21-17(22)14-4-3-5-15(11-14)20-18-19-8-9-23-18/h3-11H,1-2H3,(H,19,20)(H,21,22). The Bertz CT molecular complexity index is 828. The normalized spacial score (nSPS) is 10.3. The summed E-state index contributed by atoms with van der Waals surface area (Å²) < 4.78 is 0. The summed E-state index contributed by atoms with van der Waals surface area (Å²) >= 11 is 1.52. The molecule has 0 aliphatic carbocycles. The minimum atomic E-state index is -0.124. The summed E-state index contributed by atoms with van der Waals surface area (Å²) in [6, 6.07) is 13.4. The number of rotatable bonds is 4. The molecule has 4 nitrogen and oxygen atoms in total. The van der Waals surface area contributed by atoms with Crippen LogP contribution in [0.4, 0.5) is 16.5 Å². The molecule has 116 valence electrons. The Kier molecular flexibility index (Phi) is 4.39. The number of carbonyl (C=O) groups is 1. The molecule has 0 aliphatic rings. The van der Waals surface area contributed by atoms with E-state index in [2.05, 4.69) is 15.6 Å². The smallest absolute Gasteiger partial charge is 0.255 e. The van der Waals surface area contributed by atoms with Gasteiger partial charge < -0.3 is 10.6 Å². The Balaban J connectivity index is 1.78. The molecule has 0 bridgehead atoms. The number of carbonyl (C=O) groups excluding carboxylic acids is 1. The van der Waals surface area contributed by atoms with Gasteiger partial charge in [0.25, 0.3) is 5.91 Å². The molecule has 3 rings (SSSR count). The van der Waals surface area contributed by atoms with Gasteiger partial charge in [-0.2, -0.15) is 0 Å². The first-order valence-electron chi connectivity index (χ1n) is 7.27. The van der Waals surface area contributed by atoms with E-state index in [1.54, 1.807) is 12.3 Å². The van der Waals surface area contributed by atoms with E-state index in [1.807, 2.05) is 55.6 Å². The van der Waals surface area contributed by atoms with Crippen LogP contribution in [0.5, 0.6) is 0 Å². The summed E-state index contributed by atoms with van der Waals surface area (Å²) in [6.07, 6.45) is 1.74. The van der Waals surface area contributed by atoms with Crippen molar-refractivity contribution in [1.82, 2.24) is 4.98 Å². The first-order chi connectivity index (χ1) is 11.1. The number of nitrogens with zero attached hydrogens (tertiary/aromatic N) is 1. The summed E-state index contributed by atoms with van der Waals surface area (Å²) in [6.45, 7) is 3.99. The van der Waals surface area contributed by atoms with Gasteiger partial charge in [-0.3, -0.25) is 4.79 Å². The maximum atomic E-state index is 12.5. The lowest BCUT2D eigenvalue weighted by Crippen LogP contribution is -2.13. The number of hydrogen-bond donors (Lipinski definition) is 2. The van der Waals surface area contributed by atoms with Crippen molar-refractivity contribution >= 4 is 33.8 Å². The molecular formula is C18H17N3OS. The van der Waals surface area contributed by atoms with Crippen LogP contribution in [0.2, 0.25) is 0 Å². The highest BCUT2D eigenvalue weighted by Crippen LogP contribution is 2.21. The zero-order valence-corrected chi connectivity index (χ0v) is 13.8. The highest BCUT2D eigenvalue weighted by atomic mass is 32.1. The van der Waals surface area contributed by atoms with Crippen molar-refractivity contribution in [3.05, 3.63) is 70.7 Å². The highest BCUT2D eigenvalue weighted by Gasteiger charge is 2.09. The van der Waals surface area contributed by atoms with Gasteiger partial charge in [0.05, 0.1) is 0 Å². The zero-order valence-electron chi connectivity index (χ0n) is 13.0. The molecule has 1 amide bonds. The molecule has 2 aromatic carbocycles. The second kappa shape index (κ2) is 6.62. The summed E-state index contributed by atoms with van der Waals surface area (Å²) in [7, 11) is 0. The minimum Gasteiger partial charge on any atom is -0.332 e. The molecule has 0 unspecified atom stereocenters. The molecule has 0 saturated carbocycles. The quantitative estimate of drug-likeness (QED) is 0.728. The number of aromatic nitrogens is 1. The van der Waals surface area contributed by atoms with Crippen molar-refractivity contribution in [1.29, 1.82) is 0 Å². The number of thiazole rings is 1. The van der Waals surface area contributed by atoms with Gasteiger partial charge in [0.15, 0.2) is 5.13 Å². The van der Waals surface area contributed by atoms with Crippen molar-refractivity contribution in [2.45, 2.75) is 13.8 Å². The molecule has 2 N–H and O–H groups in total. The van der Waals surface area contributed by atoms with E-state index in [4.69, 9.17) is 0 Å². The second-order valence-electron chi connectivity index (χ2n) is 5.32. The third-order valence-corrected chi connectivity index (χ3v) is 4.14. The summed E-state index contributed by atoms with van der Waals surface area (Å²) in [4.78, 5) is 16.7. The Morgan fingerprint density at radius 2 is 2.00 bits per heavy atom. The van der Waals surface area contributed by atoms with Crippen molar-refractivity contribution in [2.75, 3.05) is 10.6 Å². The predicted molar refractivity (Wildman–Crippen MR) is 95.7 cm³/mol. The first-order valence-corrected chi connectivity index (χ1v) is 8.15. The van der Waals surface area contributed by atoms with Crippen molar-refractivity contribution in [2.24, 2.45) is 0 Å². The van der Waals surface area contributed by atoms with Crippen molar-refractivity contribution in [3.8, 4) is 0 Å². The fourth-order valence-corrected chi connectivity index (χ4v) is 2.76. The molecule has 0 atom stereocenters. The topological polar surface area (TPSA) is 54.0 Å². The molecule has 0 radical (unpaired) electrons. The average molecular weight is 323 g/mol. The van der Waals surface area contributed by atoms with Crippen LogP contribution in [-0.2, 0) is 0 Å².